The number of hydrogen-bond acceptors (Lipinski definition) is 4. The first kappa shape index (κ1) is 18.0. The summed E-state index contributed by atoms with van der Waals surface area (Å²) < 4.78 is 5.66. The molecule has 0 aromatic heterocycles. The van der Waals surface area contributed by atoms with Gasteiger partial charge in [-0.3, -0.25) is 9.89 Å². The van der Waals surface area contributed by atoms with E-state index in [1.807, 2.05) is 0 Å². The number of nitrogens with one attached hydrogen (secondary N) is 1. The van der Waals surface area contributed by atoms with Crippen molar-refractivity contribution in [1.82, 2.24) is 20.0 Å². The van der Waals surface area contributed by atoms with E-state index in [1.54, 1.807) is 0 Å². The second-order valence-corrected chi connectivity index (χ2v) is 7.86. The van der Waals surface area contributed by atoms with Crippen LogP contribution in [0.25, 0.3) is 0 Å². The zero-order valence-electron chi connectivity index (χ0n) is 15.8. The van der Waals surface area contributed by atoms with E-state index in [9.17, 15) is 0 Å². The van der Waals surface area contributed by atoms with Crippen molar-refractivity contribution in [2.24, 2.45) is 10.4 Å². The van der Waals surface area contributed by atoms with Gasteiger partial charge in [-0.1, -0.05) is 0 Å². The van der Waals surface area contributed by atoms with Crippen LogP contribution >= 0.6 is 0 Å². The average Bonchev–Trinajstić information content (AvgIpc) is 3.22. The maximum Gasteiger partial charge on any atom is 0.193 e. The molecule has 3 aliphatic heterocycles. The molecule has 3 fully saturated rings. The maximum absolute atomic E-state index is 5.66. The number of aliphatic imine (C=N–C) groups is 1. The number of hydrogen-bond donors (Lipinski definition) is 1. The van der Waals surface area contributed by atoms with Gasteiger partial charge >= 0.3 is 0 Å². The van der Waals surface area contributed by atoms with Gasteiger partial charge in [-0.15, -0.1) is 0 Å². The lowest BCUT2D eigenvalue weighted by atomic mass is 9.87. The second kappa shape index (κ2) is 8.02. The molecule has 0 amide bonds. The summed E-state index contributed by atoms with van der Waals surface area (Å²) in [6.45, 7) is 15.0. The first-order valence-corrected chi connectivity index (χ1v) is 9.65. The molecular formula is C18H35N5O. The molecule has 6 nitrogen and oxygen atoms in total. The van der Waals surface area contributed by atoms with Gasteiger partial charge in [0.15, 0.2) is 5.96 Å². The molecule has 0 saturated carbocycles. The molecule has 0 aliphatic carbocycles. The van der Waals surface area contributed by atoms with E-state index >= 15 is 0 Å². The van der Waals surface area contributed by atoms with Crippen LogP contribution in [0.5, 0.6) is 0 Å². The number of nitrogens with zero attached hydrogens (tertiary/aromatic N) is 4. The maximum atomic E-state index is 5.66. The number of likely N-dealkylation sites (tertiary alicyclic amines) is 1. The highest BCUT2D eigenvalue weighted by atomic mass is 16.5. The molecular weight excluding hydrogens is 302 g/mol. The fraction of sp³-hybridized carbons (Fsp3) is 0.944. The van der Waals surface area contributed by atoms with Crippen LogP contribution in [0.1, 0.15) is 26.7 Å². The predicted octanol–water partition coefficient (Wildman–Crippen LogP) is 0.700. The predicted molar refractivity (Wildman–Crippen MR) is 98.6 cm³/mol. The summed E-state index contributed by atoms with van der Waals surface area (Å²) in [6, 6.07) is 0.513. The number of guanidine groups is 1. The Morgan fingerprint density at radius 2 is 2.00 bits per heavy atom. The van der Waals surface area contributed by atoms with Crippen molar-refractivity contribution in [2.75, 3.05) is 72.6 Å². The highest BCUT2D eigenvalue weighted by Gasteiger charge is 2.42. The summed E-state index contributed by atoms with van der Waals surface area (Å²) in [6.07, 6.45) is 2.45. The lowest BCUT2D eigenvalue weighted by Gasteiger charge is -2.36. The molecule has 0 bridgehead atoms. The summed E-state index contributed by atoms with van der Waals surface area (Å²) in [5.41, 5.74) is 0.388. The van der Waals surface area contributed by atoms with Crippen LogP contribution in [-0.4, -0.2) is 99.3 Å². The number of likely N-dealkylation sites (N-methyl/N-ethyl adjacent to an activating group) is 1. The SMILES string of the molecule is CCNC(=NCC(C)N1CCN(C)CC1)N1CCC2(CCOC2)C1. The Bertz CT molecular complexity index is 427. The van der Waals surface area contributed by atoms with Crippen LogP contribution in [0, 0.1) is 5.41 Å². The molecule has 3 saturated heterocycles. The van der Waals surface area contributed by atoms with E-state index in [-0.39, 0.29) is 0 Å². The summed E-state index contributed by atoms with van der Waals surface area (Å²) in [4.78, 5) is 12.4. The Morgan fingerprint density at radius 3 is 2.67 bits per heavy atom. The van der Waals surface area contributed by atoms with Crippen LogP contribution in [0.4, 0.5) is 0 Å². The smallest absolute Gasteiger partial charge is 0.193 e. The van der Waals surface area contributed by atoms with Crippen LogP contribution in [0.15, 0.2) is 4.99 Å². The van der Waals surface area contributed by atoms with Gasteiger partial charge < -0.3 is 19.9 Å². The minimum absolute atomic E-state index is 0.388. The molecule has 6 heteroatoms. The Balaban J connectivity index is 1.55. The van der Waals surface area contributed by atoms with Gasteiger partial charge in [0, 0.05) is 63.9 Å². The normalized spacial score (nSPS) is 31.1. The zero-order chi connectivity index (χ0) is 17.0. The Hall–Kier alpha value is -0.850. The molecule has 3 aliphatic rings. The first-order valence-electron chi connectivity index (χ1n) is 9.65. The third kappa shape index (κ3) is 4.21. The van der Waals surface area contributed by atoms with Crippen molar-refractivity contribution >= 4 is 5.96 Å². The third-order valence-corrected chi connectivity index (χ3v) is 5.92. The standard InChI is InChI=1S/C18H35N5O/c1-4-19-17(23-7-5-18(14-23)6-12-24-15-18)20-13-16(2)22-10-8-21(3)9-11-22/h16H,4-15H2,1-3H3,(H,19,20). The van der Waals surface area contributed by atoms with Crippen molar-refractivity contribution < 1.29 is 4.74 Å². The van der Waals surface area contributed by atoms with Gasteiger partial charge in [-0.25, -0.2) is 0 Å². The third-order valence-electron chi connectivity index (χ3n) is 5.92. The van der Waals surface area contributed by atoms with Crippen molar-refractivity contribution in [2.45, 2.75) is 32.7 Å². The average molecular weight is 338 g/mol. The Kier molecular flexibility index (Phi) is 6.00. The number of ether oxygens (including phenoxy) is 1. The topological polar surface area (TPSA) is 43.3 Å². The van der Waals surface area contributed by atoms with Gasteiger partial charge in [0.25, 0.3) is 0 Å². The first-order chi connectivity index (χ1) is 11.6. The molecule has 0 radical (unpaired) electrons. The van der Waals surface area contributed by atoms with Gasteiger partial charge in [-0.05, 0) is 33.7 Å². The molecule has 2 unspecified atom stereocenters. The van der Waals surface area contributed by atoms with Crippen molar-refractivity contribution in [3.05, 3.63) is 0 Å². The molecule has 138 valence electrons. The fourth-order valence-electron chi connectivity index (χ4n) is 4.11. The lowest BCUT2D eigenvalue weighted by molar-refractivity contribution is 0.122. The molecule has 2 atom stereocenters. The highest BCUT2D eigenvalue weighted by Crippen LogP contribution is 2.38. The quantitative estimate of drug-likeness (QED) is 0.604. The number of rotatable bonds is 4. The van der Waals surface area contributed by atoms with E-state index in [0.29, 0.717) is 11.5 Å². The molecule has 1 spiro atoms. The highest BCUT2D eigenvalue weighted by molar-refractivity contribution is 5.80. The van der Waals surface area contributed by atoms with Gasteiger partial charge in [-0.2, -0.15) is 0 Å². The van der Waals surface area contributed by atoms with Crippen molar-refractivity contribution in [1.29, 1.82) is 0 Å². The van der Waals surface area contributed by atoms with E-state index in [2.05, 4.69) is 40.9 Å². The van der Waals surface area contributed by atoms with E-state index in [0.717, 1.165) is 58.4 Å². The molecule has 3 heterocycles. The minimum atomic E-state index is 0.388. The summed E-state index contributed by atoms with van der Waals surface area (Å²) in [5, 5.41) is 3.50. The molecule has 24 heavy (non-hydrogen) atoms. The molecule has 1 N–H and O–H groups in total. The molecule has 0 aromatic carbocycles. The summed E-state index contributed by atoms with van der Waals surface area (Å²) >= 11 is 0. The van der Waals surface area contributed by atoms with Crippen LogP contribution in [0.3, 0.4) is 0 Å². The molecule has 3 rings (SSSR count). The summed E-state index contributed by atoms with van der Waals surface area (Å²) in [7, 11) is 2.21. The van der Waals surface area contributed by atoms with Crippen LogP contribution in [-0.2, 0) is 4.74 Å². The monoisotopic (exact) mass is 337 g/mol. The molecule has 0 aromatic rings. The van der Waals surface area contributed by atoms with Crippen LogP contribution < -0.4 is 5.32 Å². The van der Waals surface area contributed by atoms with Crippen molar-refractivity contribution in [3.8, 4) is 0 Å². The largest absolute Gasteiger partial charge is 0.381 e. The zero-order valence-corrected chi connectivity index (χ0v) is 15.8. The second-order valence-electron chi connectivity index (χ2n) is 7.86. The number of piperazine rings is 1. The van der Waals surface area contributed by atoms with E-state index in [4.69, 9.17) is 9.73 Å². The van der Waals surface area contributed by atoms with Gasteiger partial charge in [0.05, 0.1) is 13.2 Å². The fourth-order valence-corrected chi connectivity index (χ4v) is 4.11. The van der Waals surface area contributed by atoms with Gasteiger partial charge in [0.1, 0.15) is 0 Å². The van der Waals surface area contributed by atoms with E-state index in [1.165, 1.54) is 25.9 Å². The Labute approximate surface area is 147 Å². The Morgan fingerprint density at radius 1 is 1.21 bits per heavy atom. The van der Waals surface area contributed by atoms with E-state index < -0.39 is 0 Å². The summed E-state index contributed by atoms with van der Waals surface area (Å²) in [5.74, 6) is 1.10. The lowest BCUT2D eigenvalue weighted by Crippen LogP contribution is -2.49. The van der Waals surface area contributed by atoms with Crippen molar-refractivity contribution in [3.63, 3.8) is 0 Å². The van der Waals surface area contributed by atoms with Crippen LogP contribution in [0.2, 0.25) is 0 Å². The minimum Gasteiger partial charge on any atom is -0.381 e. The van der Waals surface area contributed by atoms with Gasteiger partial charge in [0.2, 0.25) is 0 Å².